The summed E-state index contributed by atoms with van der Waals surface area (Å²) < 4.78 is 67.4. The van der Waals surface area contributed by atoms with E-state index in [1.165, 1.54) is 36.4 Å². The molecule has 170 valence electrons. The molecule has 2 aromatic rings. The molecule has 0 unspecified atom stereocenters. The van der Waals surface area contributed by atoms with Gasteiger partial charge in [0.1, 0.15) is 16.8 Å². The lowest BCUT2D eigenvalue weighted by Gasteiger charge is -2.22. The van der Waals surface area contributed by atoms with Crippen LogP contribution in [0.1, 0.15) is 27.2 Å². The normalized spacial score (nSPS) is 13.1. The van der Waals surface area contributed by atoms with Crippen LogP contribution in [0.15, 0.2) is 53.4 Å². The van der Waals surface area contributed by atoms with Gasteiger partial charge in [-0.2, -0.15) is 4.72 Å². The number of halogens is 1. The van der Waals surface area contributed by atoms with Crippen molar-refractivity contribution in [2.75, 3.05) is 15.8 Å². The van der Waals surface area contributed by atoms with E-state index in [1.807, 2.05) is 0 Å². The molecule has 0 saturated carbocycles. The van der Waals surface area contributed by atoms with Crippen molar-refractivity contribution in [3.05, 3.63) is 54.3 Å². The lowest BCUT2D eigenvalue weighted by atomic mass is 10.0. The van der Waals surface area contributed by atoms with Crippen LogP contribution in [0, 0.1) is 11.7 Å². The molecule has 0 heterocycles. The van der Waals surface area contributed by atoms with Gasteiger partial charge in [0, 0.05) is 11.4 Å². The molecule has 0 aliphatic rings. The zero-order valence-corrected chi connectivity index (χ0v) is 19.1. The molecule has 3 N–H and O–H groups in total. The first-order valence-corrected chi connectivity index (χ1v) is 12.8. The Bertz CT molecular complexity index is 1120. The van der Waals surface area contributed by atoms with Gasteiger partial charge < -0.3 is 5.32 Å². The summed E-state index contributed by atoms with van der Waals surface area (Å²) >= 11 is 0. The van der Waals surface area contributed by atoms with E-state index in [-0.39, 0.29) is 5.75 Å². The first-order valence-electron chi connectivity index (χ1n) is 9.63. The molecule has 1 amide bonds. The van der Waals surface area contributed by atoms with Gasteiger partial charge in [-0.3, -0.25) is 9.52 Å². The second-order valence-electron chi connectivity index (χ2n) is 7.26. The minimum atomic E-state index is -4.27. The Morgan fingerprint density at radius 1 is 0.968 bits per heavy atom. The van der Waals surface area contributed by atoms with Gasteiger partial charge in [-0.15, -0.1) is 0 Å². The second-order valence-corrected chi connectivity index (χ2v) is 10.8. The molecule has 2 aromatic carbocycles. The fourth-order valence-electron chi connectivity index (χ4n) is 2.73. The molecular formula is C20H26FN3O5S2. The Labute approximate surface area is 182 Å². The highest BCUT2D eigenvalue weighted by molar-refractivity contribution is 7.92. The molecule has 2 rings (SSSR count). The van der Waals surface area contributed by atoms with Crippen molar-refractivity contribution < 1.29 is 26.0 Å². The van der Waals surface area contributed by atoms with Crippen LogP contribution >= 0.6 is 0 Å². The van der Waals surface area contributed by atoms with Crippen molar-refractivity contribution in [2.45, 2.75) is 38.1 Å². The fourth-order valence-corrected chi connectivity index (χ4v) is 5.28. The summed E-state index contributed by atoms with van der Waals surface area (Å²) in [4.78, 5) is 12.2. The summed E-state index contributed by atoms with van der Waals surface area (Å²) in [6.07, 6.45) is 0.475. The highest BCUT2D eigenvalue weighted by Crippen LogP contribution is 2.18. The van der Waals surface area contributed by atoms with Gasteiger partial charge in [-0.25, -0.2) is 21.2 Å². The molecule has 0 saturated heterocycles. The van der Waals surface area contributed by atoms with E-state index in [4.69, 9.17) is 0 Å². The average molecular weight is 472 g/mol. The van der Waals surface area contributed by atoms with Gasteiger partial charge in [0.2, 0.25) is 26.0 Å². The van der Waals surface area contributed by atoms with E-state index >= 15 is 0 Å². The van der Waals surface area contributed by atoms with Crippen molar-refractivity contribution in [1.82, 2.24) is 4.72 Å². The molecule has 0 fully saturated rings. The minimum absolute atomic E-state index is 0.0102. The zero-order chi connectivity index (χ0) is 23.2. The van der Waals surface area contributed by atoms with Crippen molar-refractivity contribution in [1.29, 1.82) is 0 Å². The van der Waals surface area contributed by atoms with Crippen molar-refractivity contribution in [3.63, 3.8) is 0 Å². The van der Waals surface area contributed by atoms with Crippen LogP contribution < -0.4 is 14.8 Å². The van der Waals surface area contributed by atoms with E-state index in [2.05, 4.69) is 14.8 Å². The van der Waals surface area contributed by atoms with Crippen molar-refractivity contribution in [3.8, 4) is 0 Å². The molecule has 0 radical (unpaired) electrons. The maximum atomic E-state index is 13.9. The summed E-state index contributed by atoms with van der Waals surface area (Å²) in [5.41, 5.74) is 0.686. The van der Waals surface area contributed by atoms with Gasteiger partial charge in [0.25, 0.3) is 0 Å². The van der Waals surface area contributed by atoms with Crippen LogP contribution in [0.5, 0.6) is 0 Å². The molecule has 1 atom stereocenters. The molecule has 0 aliphatic heterocycles. The summed E-state index contributed by atoms with van der Waals surface area (Å²) in [6.45, 7) is 5.06. The van der Waals surface area contributed by atoms with Crippen LogP contribution in [-0.4, -0.2) is 34.5 Å². The Balaban J connectivity index is 2.13. The molecule has 0 aromatic heterocycles. The predicted molar refractivity (Wildman–Crippen MR) is 118 cm³/mol. The van der Waals surface area contributed by atoms with Crippen LogP contribution in [0.4, 0.5) is 15.8 Å². The average Bonchev–Trinajstić information content (AvgIpc) is 2.67. The first-order chi connectivity index (χ1) is 14.4. The summed E-state index contributed by atoms with van der Waals surface area (Å²) in [5, 5.41) is 2.59. The number of nitrogens with one attached hydrogen (secondary N) is 3. The van der Waals surface area contributed by atoms with Crippen LogP contribution in [-0.2, 0) is 24.8 Å². The number of sulfonamides is 2. The van der Waals surface area contributed by atoms with E-state index in [0.29, 0.717) is 17.8 Å². The second kappa shape index (κ2) is 10.2. The number of amides is 1. The standard InChI is InChI=1S/C20H26FN3O5S2/c1-4-13-30(26,27)23-16-11-9-15(10-12-16)22-20(25)19(14(2)3)24-31(28,29)18-8-6-5-7-17(18)21/h5-12,14,19,23-24H,4,13H2,1-3H3,(H,22,25)/t19-/m0/s1. The molecule has 8 nitrogen and oxygen atoms in total. The van der Waals surface area contributed by atoms with Crippen LogP contribution in [0.25, 0.3) is 0 Å². The van der Waals surface area contributed by atoms with Gasteiger partial charge in [-0.05, 0) is 48.7 Å². The van der Waals surface area contributed by atoms with Gasteiger partial charge in [-0.1, -0.05) is 32.9 Å². The first kappa shape index (κ1) is 24.8. The van der Waals surface area contributed by atoms with Crippen molar-refractivity contribution >= 4 is 37.3 Å². The van der Waals surface area contributed by atoms with Crippen LogP contribution in [0.3, 0.4) is 0 Å². The Morgan fingerprint density at radius 3 is 2.10 bits per heavy atom. The maximum absolute atomic E-state index is 13.9. The fraction of sp³-hybridized carbons (Fsp3) is 0.350. The van der Waals surface area contributed by atoms with Crippen molar-refractivity contribution in [2.24, 2.45) is 5.92 Å². The van der Waals surface area contributed by atoms with Crippen LogP contribution in [0.2, 0.25) is 0 Å². The van der Waals surface area contributed by atoms with E-state index in [0.717, 1.165) is 12.1 Å². The summed E-state index contributed by atoms with van der Waals surface area (Å²) in [5.74, 6) is -1.99. The smallest absolute Gasteiger partial charge is 0.244 e. The zero-order valence-electron chi connectivity index (χ0n) is 17.4. The minimum Gasteiger partial charge on any atom is -0.325 e. The third-order valence-electron chi connectivity index (χ3n) is 4.26. The number of hydrogen-bond donors (Lipinski definition) is 3. The van der Waals surface area contributed by atoms with E-state index < -0.39 is 48.6 Å². The highest BCUT2D eigenvalue weighted by Gasteiger charge is 2.29. The van der Waals surface area contributed by atoms with E-state index in [1.54, 1.807) is 20.8 Å². The Kier molecular flexibility index (Phi) is 8.15. The third kappa shape index (κ3) is 7.01. The molecule has 0 bridgehead atoms. The largest absolute Gasteiger partial charge is 0.325 e. The number of rotatable bonds is 10. The molecule has 0 aliphatic carbocycles. The lowest BCUT2D eigenvalue weighted by Crippen LogP contribution is -2.47. The summed E-state index contributed by atoms with van der Waals surface area (Å²) in [7, 11) is -7.71. The molecule has 11 heteroatoms. The van der Waals surface area contributed by atoms with Gasteiger partial charge >= 0.3 is 0 Å². The van der Waals surface area contributed by atoms with Gasteiger partial charge in [0.15, 0.2) is 0 Å². The number of hydrogen-bond acceptors (Lipinski definition) is 5. The third-order valence-corrected chi connectivity index (χ3v) is 7.22. The number of benzene rings is 2. The highest BCUT2D eigenvalue weighted by atomic mass is 32.2. The Hall–Kier alpha value is -2.50. The molecule has 0 spiro atoms. The molecule has 31 heavy (non-hydrogen) atoms. The molecular weight excluding hydrogens is 445 g/mol. The summed E-state index contributed by atoms with van der Waals surface area (Å²) in [6, 6.07) is 9.68. The Morgan fingerprint density at radius 2 is 1.55 bits per heavy atom. The lowest BCUT2D eigenvalue weighted by molar-refractivity contribution is -0.118. The van der Waals surface area contributed by atoms with E-state index in [9.17, 15) is 26.0 Å². The predicted octanol–water partition coefficient (Wildman–Crippen LogP) is 2.92. The number of anilines is 2. The SMILES string of the molecule is CCCS(=O)(=O)Nc1ccc(NC(=O)[C@@H](NS(=O)(=O)c2ccccc2F)C(C)C)cc1. The number of carbonyl (C=O) groups excluding carboxylic acids is 1. The topological polar surface area (TPSA) is 121 Å². The quantitative estimate of drug-likeness (QED) is 0.492. The maximum Gasteiger partial charge on any atom is 0.244 e. The van der Waals surface area contributed by atoms with Gasteiger partial charge in [0.05, 0.1) is 5.75 Å². The monoisotopic (exact) mass is 471 g/mol. The number of carbonyl (C=O) groups is 1.